The molecule has 16 heavy (non-hydrogen) atoms. The monoisotopic (exact) mass is 238 g/mol. The van der Waals surface area contributed by atoms with E-state index < -0.39 is 0 Å². The maximum atomic E-state index is 3.30. The van der Waals surface area contributed by atoms with Gasteiger partial charge in [-0.25, -0.2) is 0 Å². The summed E-state index contributed by atoms with van der Waals surface area (Å²) in [7, 11) is 2.06. The lowest BCUT2D eigenvalue weighted by molar-refractivity contribution is 0.248. The molecule has 0 amide bonds. The Hall–Kier alpha value is -0.380. The molecule has 2 nitrogen and oxygen atoms in total. The number of aryl methyl sites for hydroxylation is 1. The van der Waals surface area contributed by atoms with E-state index in [1.54, 1.807) is 0 Å². The number of hydrogen-bond donors (Lipinski definition) is 1. The minimum atomic E-state index is 0.785. The van der Waals surface area contributed by atoms with Crippen LogP contribution in [0.4, 0.5) is 0 Å². The first-order valence-electron chi connectivity index (χ1n) is 6.31. The van der Waals surface area contributed by atoms with Crippen LogP contribution in [0.5, 0.6) is 0 Å². The zero-order chi connectivity index (χ0) is 11.2. The summed E-state index contributed by atoms with van der Waals surface area (Å²) in [5, 5.41) is 5.48. The molecule has 0 bridgehead atoms. The van der Waals surface area contributed by atoms with Gasteiger partial charge < -0.3 is 5.32 Å². The highest BCUT2D eigenvalue weighted by Gasteiger charge is 2.22. The lowest BCUT2D eigenvalue weighted by Gasteiger charge is -2.23. The van der Waals surface area contributed by atoms with Crippen molar-refractivity contribution in [1.29, 1.82) is 0 Å². The SMILES string of the molecule is CNCC1CCCN1CCCc1cccs1. The maximum Gasteiger partial charge on any atom is 0.0220 e. The molecule has 2 heterocycles. The number of nitrogens with one attached hydrogen (secondary N) is 1. The van der Waals surface area contributed by atoms with Gasteiger partial charge >= 0.3 is 0 Å². The number of thiophene rings is 1. The van der Waals surface area contributed by atoms with Crippen molar-refractivity contribution in [1.82, 2.24) is 10.2 Å². The molecule has 0 aromatic carbocycles. The molecule has 3 heteroatoms. The maximum absolute atomic E-state index is 3.30. The lowest BCUT2D eigenvalue weighted by atomic mass is 10.2. The summed E-state index contributed by atoms with van der Waals surface area (Å²) in [6, 6.07) is 5.19. The molecule has 1 unspecified atom stereocenters. The molecule has 1 atom stereocenters. The summed E-state index contributed by atoms with van der Waals surface area (Å²) >= 11 is 1.89. The van der Waals surface area contributed by atoms with Gasteiger partial charge in [0.25, 0.3) is 0 Å². The molecule has 1 fully saturated rings. The summed E-state index contributed by atoms with van der Waals surface area (Å²) in [6.07, 6.45) is 5.31. The Balaban J connectivity index is 1.69. The highest BCUT2D eigenvalue weighted by molar-refractivity contribution is 7.09. The van der Waals surface area contributed by atoms with Gasteiger partial charge in [-0.2, -0.15) is 0 Å². The molecular formula is C13H22N2S. The van der Waals surface area contributed by atoms with Crippen LogP contribution in [0.3, 0.4) is 0 Å². The Bertz CT molecular complexity index is 284. The molecule has 0 saturated carbocycles. The van der Waals surface area contributed by atoms with Gasteiger partial charge in [-0.3, -0.25) is 4.90 Å². The molecule has 0 aliphatic carbocycles. The Morgan fingerprint density at radius 1 is 1.56 bits per heavy atom. The van der Waals surface area contributed by atoms with Crippen LogP contribution in [-0.2, 0) is 6.42 Å². The minimum absolute atomic E-state index is 0.785. The summed E-state index contributed by atoms with van der Waals surface area (Å²) in [5.74, 6) is 0. The van der Waals surface area contributed by atoms with Crippen LogP contribution in [0.2, 0.25) is 0 Å². The first kappa shape index (κ1) is 12.1. The van der Waals surface area contributed by atoms with Crippen molar-refractivity contribution in [3.05, 3.63) is 22.4 Å². The molecule has 1 aliphatic heterocycles. The topological polar surface area (TPSA) is 15.3 Å². The van der Waals surface area contributed by atoms with E-state index in [0.717, 1.165) is 12.6 Å². The van der Waals surface area contributed by atoms with Crippen molar-refractivity contribution in [2.75, 3.05) is 26.7 Å². The molecule has 1 aromatic rings. The fourth-order valence-corrected chi connectivity index (χ4v) is 3.32. The zero-order valence-electron chi connectivity index (χ0n) is 10.1. The van der Waals surface area contributed by atoms with E-state index in [2.05, 4.69) is 34.8 Å². The number of likely N-dealkylation sites (tertiary alicyclic amines) is 1. The van der Waals surface area contributed by atoms with Gasteiger partial charge in [-0.1, -0.05) is 6.07 Å². The van der Waals surface area contributed by atoms with Crippen LogP contribution in [0, 0.1) is 0 Å². The van der Waals surface area contributed by atoms with E-state index in [1.807, 2.05) is 11.3 Å². The molecule has 0 radical (unpaired) electrons. The molecular weight excluding hydrogens is 216 g/mol. The number of likely N-dealkylation sites (N-methyl/N-ethyl adjacent to an activating group) is 1. The van der Waals surface area contributed by atoms with Gasteiger partial charge in [-0.05, 0) is 57.3 Å². The zero-order valence-corrected chi connectivity index (χ0v) is 10.9. The fourth-order valence-electron chi connectivity index (χ4n) is 2.57. The van der Waals surface area contributed by atoms with E-state index in [0.29, 0.717) is 0 Å². The van der Waals surface area contributed by atoms with Crippen LogP contribution in [0.15, 0.2) is 17.5 Å². The summed E-state index contributed by atoms with van der Waals surface area (Å²) in [4.78, 5) is 4.19. The van der Waals surface area contributed by atoms with E-state index in [4.69, 9.17) is 0 Å². The van der Waals surface area contributed by atoms with Gasteiger partial charge in [0, 0.05) is 17.5 Å². The van der Waals surface area contributed by atoms with Gasteiger partial charge in [0.05, 0.1) is 0 Å². The van der Waals surface area contributed by atoms with Gasteiger partial charge in [0.15, 0.2) is 0 Å². The normalized spacial score (nSPS) is 21.7. The second-order valence-electron chi connectivity index (χ2n) is 4.57. The van der Waals surface area contributed by atoms with E-state index >= 15 is 0 Å². The second-order valence-corrected chi connectivity index (χ2v) is 5.60. The average molecular weight is 238 g/mol. The lowest BCUT2D eigenvalue weighted by Crippen LogP contribution is -2.37. The third kappa shape index (κ3) is 3.30. The highest BCUT2D eigenvalue weighted by Crippen LogP contribution is 2.18. The van der Waals surface area contributed by atoms with Crippen LogP contribution < -0.4 is 5.32 Å². The van der Waals surface area contributed by atoms with Gasteiger partial charge in [-0.15, -0.1) is 11.3 Å². The molecule has 1 saturated heterocycles. The summed E-state index contributed by atoms with van der Waals surface area (Å²) < 4.78 is 0. The number of rotatable bonds is 6. The highest BCUT2D eigenvalue weighted by atomic mass is 32.1. The van der Waals surface area contributed by atoms with Crippen LogP contribution >= 0.6 is 11.3 Å². The third-order valence-corrected chi connectivity index (χ3v) is 4.32. The van der Waals surface area contributed by atoms with Crippen LogP contribution in [0.25, 0.3) is 0 Å². The van der Waals surface area contributed by atoms with Crippen molar-refractivity contribution in [3.8, 4) is 0 Å². The number of hydrogen-bond acceptors (Lipinski definition) is 3. The predicted molar refractivity (Wildman–Crippen MR) is 71.2 cm³/mol. The van der Waals surface area contributed by atoms with E-state index in [-0.39, 0.29) is 0 Å². The molecule has 90 valence electrons. The molecule has 2 rings (SSSR count). The summed E-state index contributed by atoms with van der Waals surface area (Å²) in [5.41, 5.74) is 0. The Kier molecular flexibility index (Phi) is 4.82. The van der Waals surface area contributed by atoms with Gasteiger partial charge in [0.1, 0.15) is 0 Å². The first-order chi connectivity index (χ1) is 7.90. The Morgan fingerprint density at radius 3 is 3.25 bits per heavy atom. The quantitative estimate of drug-likeness (QED) is 0.818. The minimum Gasteiger partial charge on any atom is -0.318 e. The molecule has 0 spiro atoms. The number of nitrogens with zero attached hydrogens (tertiary/aromatic N) is 1. The average Bonchev–Trinajstić information content (AvgIpc) is 2.91. The predicted octanol–water partition coefficient (Wildman–Crippen LogP) is 2.36. The van der Waals surface area contributed by atoms with Crippen molar-refractivity contribution in [2.45, 2.75) is 31.7 Å². The third-order valence-electron chi connectivity index (χ3n) is 3.39. The Labute approximate surface area is 103 Å². The van der Waals surface area contributed by atoms with E-state index in [9.17, 15) is 0 Å². The molecule has 1 aliphatic rings. The van der Waals surface area contributed by atoms with Gasteiger partial charge in [0.2, 0.25) is 0 Å². The standard InChI is InChI=1S/C13H22N2S/c1-14-11-12-5-2-8-15(12)9-3-6-13-7-4-10-16-13/h4,7,10,12,14H,2-3,5-6,8-9,11H2,1H3. The first-order valence-corrected chi connectivity index (χ1v) is 7.19. The molecule has 1 N–H and O–H groups in total. The largest absolute Gasteiger partial charge is 0.318 e. The smallest absolute Gasteiger partial charge is 0.0220 e. The van der Waals surface area contributed by atoms with Crippen molar-refractivity contribution < 1.29 is 0 Å². The van der Waals surface area contributed by atoms with Crippen molar-refractivity contribution in [2.24, 2.45) is 0 Å². The molecule has 1 aromatic heterocycles. The summed E-state index contributed by atoms with van der Waals surface area (Å²) in [6.45, 7) is 3.72. The fraction of sp³-hybridized carbons (Fsp3) is 0.692. The van der Waals surface area contributed by atoms with Crippen LogP contribution in [0.1, 0.15) is 24.1 Å². The van der Waals surface area contributed by atoms with E-state index in [1.165, 1.54) is 43.6 Å². The second kappa shape index (κ2) is 6.38. The Morgan fingerprint density at radius 2 is 2.50 bits per heavy atom. The van der Waals surface area contributed by atoms with Crippen LogP contribution in [-0.4, -0.2) is 37.6 Å². The van der Waals surface area contributed by atoms with Crippen molar-refractivity contribution >= 4 is 11.3 Å². The van der Waals surface area contributed by atoms with Crippen molar-refractivity contribution in [3.63, 3.8) is 0 Å².